The number of benzene rings is 1. The van der Waals surface area contributed by atoms with Gasteiger partial charge < -0.3 is 5.32 Å². The lowest BCUT2D eigenvalue weighted by molar-refractivity contribution is 0.768. The van der Waals surface area contributed by atoms with Crippen molar-refractivity contribution in [2.45, 2.75) is 0 Å². The molecule has 0 unspecified atom stereocenters. The van der Waals surface area contributed by atoms with Gasteiger partial charge in [-0.15, -0.1) is 0 Å². The summed E-state index contributed by atoms with van der Waals surface area (Å²) in [5, 5.41) is 7.94. The molecular weight excluding hydrogens is 198 g/mol. The molecule has 4 heteroatoms. The van der Waals surface area contributed by atoms with E-state index in [1.54, 1.807) is 10.9 Å². The average molecular weight is 208 g/mol. The van der Waals surface area contributed by atoms with E-state index in [4.69, 9.17) is 11.6 Å². The van der Waals surface area contributed by atoms with E-state index < -0.39 is 0 Å². The standard InChI is InChI=1S/C10H10ClN3/c1-14-7-8(6-12-14)13-10-5-3-2-4-9(10)11/h2-7,13H,1H3. The summed E-state index contributed by atoms with van der Waals surface area (Å²) >= 11 is 5.99. The van der Waals surface area contributed by atoms with Gasteiger partial charge in [0.1, 0.15) is 0 Å². The number of aryl methyl sites for hydroxylation is 1. The van der Waals surface area contributed by atoms with E-state index in [-0.39, 0.29) is 0 Å². The average Bonchev–Trinajstić information content (AvgIpc) is 2.56. The molecule has 0 saturated carbocycles. The molecule has 2 rings (SSSR count). The molecule has 0 saturated heterocycles. The van der Waals surface area contributed by atoms with Gasteiger partial charge in [0.05, 0.1) is 22.6 Å². The summed E-state index contributed by atoms with van der Waals surface area (Å²) in [6, 6.07) is 7.61. The molecule has 0 aliphatic heterocycles. The lowest BCUT2D eigenvalue weighted by atomic mass is 10.3. The van der Waals surface area contributed by atoms with E-state index in [2.05, 4.69) is 10.4 Å². The molecule has 1 heterocycles. The van der Waals surface area contributed by atoms with Gasteiger partial charge in [-0.25, -0.2) is 0 Å². The Labute approximate surface area is 87.3 Å². The molecule has 0 fully saturated rings. The van der Waals surface area contributed by atoms with Gasteiger partial charge in [-0.05, 0) is 12.1 Å². The third kappa shape index (κ3) is 1.88. The highest BCUT2D eigenvalue weighted by atomic mass is 35.5. The highest BCUT2D eigenvalue weighted by molar-refractivity contribution is 6.33. The molecule has 1 N–H and O–H groups in total. The first-order valence-corrected chi connectivity index (χ1v) is 4.64. The Morgan fingerprint density at radius 3 is 2.79 bits per heavy atom. The summed E-state index contributed by atoms with van der Waals surface area (Å²) in [6.45, 7) is 0. The van der Waals surface area contributed by atoms with Gasteiger partial charge in [-0.1, -0.05) is 23.7 Å². The van der Waals surface area contributed by atoms with E-state index in [1.165, 1.54) is 0 Å². The van der Waals surface area contributed by atoms with Crippen LogP contribution < -0.4 is 5.32 Å². The third-order valence-electron chi connectivity index (χ3n) is 1.86. The van der Waals surface area contributed by atoms with Crippen LogP contribution in [-0.2, 0) is 7.05 Å². The molecular formula is C10H10ClN3. The fourth-order valence-corrected chi connectivity index (χ4v) is 1.39. The maximum Gasteiger partial charge on any atom is 0.0770 e. The molecule has 0 atom stereocenters. The summed E-state index contributed by atoms with van der Waals surface area (Å²) in [4.78, 5) is 0. The largest absolute Gasteiger partial charge is 0.352 e. The first-order valence-electron chi connectivity index (χ1n) is 4.26. The predicted octanol–water partition coefficient (Wildman–Crippen LogP) is 2.82. The number of para-hydroxylation sites is 1. The number of nitrogens with zero attached hydrogens (tertiary/aromatic N) is 2. The molecule has 0 amide bonds. The molecule has 0 aliphatic rings. The quantitative estimate of drug-likeness (QED) is 0.821. The fourth-order valence-electron chi connectivity index (χ4n) is 1.20. The molecule has 3 nitrogen and oxygen atoms in total. The molecule has 14 heavy (non-hydrogen) atoms. The second kappa shape index (κ2) is 3.72. The summed E-state index contributed by atoms with van der Waals surface area (Å²) in [5.41, 5.74) is 1.82. The minimum absolute atomic E-state index is 0.705. The Kier molecular flexibility index (Phi) is 2.41. The highest BCUT2D eigenvalue weighted by Crippen LogP contribution is 2.24. The highest BCUT2D eigenvalue weighted by Gasteiger charge is 2.00. The first-order chi connectivity index (χ1) is 6.75. The molecule has 1 aromatic carbocycles. The van der Waals surface area contributed by atoms with Crippen LogP contribution in [-0.4, -0.2) is 9.78 Å². The summed E-state index contributed by atoms with van der Waals surface area (Å²) < 4.78 is 1.74. The maximum atomic E-state index is 5.99. The number of hydrogen-bond acceptors (Lipinski definition) is 2. The SMILES string of the molecule is Cn1cc(Nc2ccccc2Cl)cn1. The lowest BCUT2D eigenvalue weighted by Crippen LogP contribution is -1.89. The molecule has 0 spiro atoms. The Bertz CT molecular complexity index is 436. The van der Waals surface area contributed by atoms with Crippen LogP contribution in [0.3, 0.4) is 0 Å². The molecule has 2 aromatic rings. The molecule has 0 aliphatic carbocycles. The van der Waals surface area contributed by atoms with Gasteiger partial charge in [0, 0.05) is 13.2 Å². The van der Waals surface area contributed by atoms with Crippen LogP contribution >= 0.6 is 11.6 Å². The first kappa shape index (κ1) is 9.09. The number of anilines is 2. The van der Waals surface area contributed by atoms with E-state index in [0.717, 1.165) is 11.4 Å². The summed E-state index contributed by atoms with van der Waals surface area (Å²) in [5.74, 6) is 0. The smallest absolute Gasteiger partial charge is 0.0770 e. The van der Waals surface area contributed by atoms with E-state index in [9.17, 15) is 0 Å². The van der Waals surface area contributed by atoms with Crippen LogP contribution in [0.25, 0.3) is 0 Å². The van der Waals surface area contributed by atoms with Gasteiger partial charge >= 0.3 is 0 Å². The second-order valence-electron chi connectivity index (χ2n) is 3.01. The van der Waals surface area contributed by atoms with Crippen molar-refractivity contribution < 1.29 is 0 Å². The van der Waals surface area contributed by atoms with Crippen LogP contribution in [0.5, 0.6) is 0 Å². The third-order valence-corrected chi connectivity index (χ3v) is 2.19. The summed E-state index contributed by atoms with van der Waals surface area (Å²) in [7, 11) is 1.87. The van der Waals surface area contributed by atoms with Gasteiger partial charge in [-0.2, -0.15) is 5.10 Å². The summed E-state index contributed by atoms with van der Waals surface area (Å²) in [6.07, 6.45) is 3.65. The van der Waals surface area contributed by atoms with Crippen molar-refractivity contribution >= 4 is 23.0 Å². The Balaban J connectivity index is 2.23. The maximum absolute atomic E-state index is 5.99. The van der Waals surface area contributed by atoms with Crippen molar-refractivity contribution in [1.29, 1.82) is 0 Å². The van der Waals surface area contributed by atoms with Crippen molar-refractivity contribution in [2.75, 3.05) is 5.32 Å². The van der Waals surface area contributed by atoms with Gasteiger partial charge in [0.15, 0.2) is 0 Å². The molecule has 1 aromatic heterocycles. The normalized spacial score (nSPS) is 10.1. The van der Waals surface area contributed by atoms with Crippen molar-refractivity contribution in [3.8, 4) is 0 Å². The van der Waals surface area contributed by atoms with Crippen molar-refractivity contribution in [3.05, 3.63) is 41.7 Å². The molecule has 0 radical (unpaired) electrons. The monoisotopic (exact) mass is 207 g/mol. The molecule has 72 valence electrons. The lowest BCUT2D eigenvalue weighted by Gasteiger charge is -2.04. The zero-order valence-corrected chi connectivity index (χ0v) is 8.49. The predicted molar refractivity (Wildman–Crippen MR) is 57.9 cm³/mol. The number of aromatic nitrogens is 2. The van der Waals surface area contributed by atoms with Crippen LogP contribution in [0.4, 0.5) is 11.4 Å². The van der Waals surface area contributed by atoms with E-state index in [1.807, 2.05) is 37.5 Å². The van der Waals surface area contributed by atoms with Gasteiger partial charge in [0.25, 0.3) is 0 Å². The van der Waals surface area contributed by atoms with Gasteiger partial charge in [-0.3, -0.25) is 4.68 Å². The Hall–Kier alpha value is -1.48. The number of hydrogen-bond donors (Lipinski definition) is 1. The van der Waals surface area contributed by atoms with E-state index >= 15 is 0 Å². The van der Waals surface area contributed by atoms with Crippen LogP contribution in [0, 0.1) is 0 Å². The minimum atomic E-state index is 0.705. The Morgan fingerprint density at radius 1 is 1.36 bits per heavy atom. The minimum Gasteiger partial charge on any atom is -0.352 e. The second-order valence-corrected chi connectivity index (χ2v) is 3.41. The number of nitrogens with one attached hydrogen (secondary N) is 1. The van der Waals surface area contributed by atoms with Gasteiger partial charge in [0.2, 0.25) is 0 Å². The van der Waals surface area contributed by atoms with Crippen molar-refractivity contribution in [2.24, 2.45) is 7.05 Å². The van der Waals surface area contributed by atoms with Crippen LogP contribution in [0.2, 0.25) is 5.02 Å². The van der Waals surface area contributed by atoms with Crippen LogP contribution in [0.1, 0.15) is 0 Å². The van der Waals surface area contributed by atoms with Crippen LogP contribution in [0.15, 0.2) is 36.7 Å². The topological polar surface area (TPSA) is 29.9 Å². The molecule has 0 bridgehead atoms. The fraction of sp³-hybridized carbons (Fsp3) is 0.100. The van der Waals surface area contributed by atoms with Crippen molar-refractivity contribution in [3.63, 3.8) is 0 Å². The Morgan fingerprint density at radius 2 is 2.14 bits per heavy atom. The number of halogens is 1. The number of rotatable bonds is 2. The van der Waals surface area contributed by atoms with Crippen molar-refractivity contribution in [1.82, 2.24) is 9.78 Å². The zero-order valence-electron chi connectivity index (χ0n) is 7.74. The van der Waals surface area contributed by atoms with E-state index in [0.29, 0.717) is 5.02 Å². The zero-order chi connectivity index (χ0) is 9.97.